The maximum absolute atomic E-state index is 14.2. The molecule has 8 heteroatoms. The first kappa shape index (κ1) is 24.9. The van der Waals surface area contributed by atoms with Gasteiger partial charge in [-0.3, -0.25) is 20.0 Å². The second kappa shape index (κ2) is 10.4. The molecule has 39 heavy (non-hydrogen) atoms. The number of aryl methyl sites for hydroxylation is 2. The van der Waals surface area contributed by atoms with Gasteiger partial charge in [-0.2, -0.15) is 5.10 Å². The van der Waals surface area contributed by atoms with E-state index in [1.54, 1.807) is 12.3 Å². The van der Waals surface area contributed by atoms with Gasteiger partial charge in [-0.15, -0.1) is 0 Å². The third-order valence-electron chi connectivity index (χ3n) is 7.14. The minimum Gasteiger partial charge on any atom is -0.340 e. The lowest BCUT2D eigenvalue weighted by atomic mass is 9.99. The van der Waals surface area contributed by atoms with Crippen LogP contribution >= 0.6 is 0 Å². The van der Waals surface area contributed by atoms with E-state index in [2.05, 4.69) is 42.7 Å². The van der Waals surface area contributed by atoms with Crippen LogP contribution in [-0.4, -0.2) is 48.1 Å². The summed E-state index contributed by atoms with van der Waals surface area (Å²) >= 11 is 0. The van der Waals surface area contributed by atoms with Gasteiger partial charge < -0.3 is 4.98 Å². The molecule has 5 heterocycles. The van der Waals surface area contributed by atoms with Gasteiger partial charge in [-0.1, -0.05) is 24.8 Å². The number of hydrogen-bond acceptors (Lipinski definition) is 5. The second-order valence-corrected chi connectivity index (χ2v) is 10.1. The predicted molar refractivity (Wildman–Crippen MR) is 152 cm³/mol. The Labute approximate surface area is 226 Å². The predicted octanol–water partition coefficient (Wildman–Crippen LogP) is 6.38. The molecule has 2 N–H and O–H groups in total. The molecule has 0 spiro atoms. The number of hydrogen-bond donors (Lipinski definition) is 2. The van der Waals surface area contributed by atoms with Crippen LogP contribution in [0.25, 0.3) is 39.3 Å². The number of benzene rings is 1. The average molecular weight is 520 g/mol. The van der Waals surface area contributed by atoms with E-state index in [4.69, 9.17) is 4.98 Å². The van der Waals surface area contributed by atoms with Gasteiger partial charge in [0.1, 0.15) is 11.5 Å². The number of likely N-dealkylation sites (tertiary alicyclic amines) is 1. The van der Waals surface area contributed by atoms with Gasteiger partial charge in [0.05, 0.1) is 23.1 Å². The van der Waals surface area contributed by atoms with Crippen molar-refractivity contribution in [2.45, 2.75) is 33.2 Å². The topological polar surface area (TPSA) is 86.4 Å². The summed E-state index contributed by atoms with van der Waals surface area (Å²) in [5, 5.41) is 8.55. The second-order valence-electron chi connectivity index (χ2n) is 10.1. The smallest absolute Gasteiger partial charge is 0.159 e. The van der Waals surface area contributed by atoms with Gasteiger partial charge in [-0.05, 0) is 80.7 Å². The third-order valence-corrected chi connectivity index (χ3v) is 7.14. The fraction of sp³-hybridized carbons (Fsp3) is 0.226. The molecule has 0 radical (unpaired) electrons. The number of nitrogens with zero attached hydrogens (tertiary/aromatic N) is 5. The van der Waals surface area contributed by atoms with Crippen molar-refractivity contribution in [3.8, 4) is 22.8 Å². The van der Waals surface area contributed by atoms with Gasteiger partial charge in [0.25, 0.3) is 0 Å². The Kier molecular flexibility index (Phi) is 6.62. The first-order chi connectivity index (χ1) is 19.0. The Morgan fingerprint density at radius 2 is 1.92 bits per heavy atom. The first-order valence-electron chi connectivity index (χ1n) is 13.2. The number of aromatic amines is 2. The molecule has 1 fully saturated rings. The molecule has 1 aromatic carbocycles. The summed E-state index contributed by atoms with van der Waals surface area (Å²) in [6, 6.07) is 9.17. The minimum atomic E-state index is -0.286. The highest BCUT2D eigenvalue weighted by molar-refractivity contribution is 5.93. The molecule has 0 unspecified atom stereocenters. The zero-order valence-corrected chi connectivity index (χ0v) is 22.1. The molecule has 196 valence electrons. The number of allylic oxidation sites excluding steroid dienone is 2. The molecule has 0 saturated carbocycles. The van der Waals surface area contributed by atoms with E-state index in [1.807, 2.05) is 44.4 Å². The van der Waals surface area contributed by atoms with E-state index in [0.29, 0.717) is 11.5 Å². The maximum Gasteiger partial charge on any atom is 0.159 e. The van der Waals surface area contributed by atoms with Crippen molar-refractivity contribution in [3.63, 3.8) is 0 Å². The summed E-state index contributed by atoms with van der Waals surface area (Å²) in [5.41, 5.74) is 8.43. The Morgan fingerprint density at radius 1 is 1.08 bits per heavy atom. The van der Waals surface area contributed by atoms with Crippen LogP contribution in [0.15, 0.2) is 67.7 Å². The van der Waals surface area contributed by atoms with E-state index in [9.17, 15) is 4.39 Å². The Morgan fingerprint density at radius 3 is 2.72 bits per heavy atom. The highest BCUT2D eigenvalue weighted by Gasteiger charge is 2.19. The SMILES string of the molecule is C=C/C=C(/c1cc(C)cc(F)c1)c1nc(-c2n[nH]c3cnc(-c4cncc(CN5CCCC5)c4)cc23)[nH]c1C. The highest BCUT2D eigenvalue weighted by atomic mass is 19.1. The van der Waals surface area contributed by atoms with E-state index in [-0.39, 0.29) is 5.82 Å². The number of nitrogens with one attached hydrogen (secondary N) is 2. The fourth-order valence-electron chi connectivity index (χ4n) is 5.32. The summed E-state index contributed by atoms with van der Waals surface area (Å²) < 4.78 is 14.2. The lowest BCUT2D eigenvalue weighted by Gasteiger charge is -2.14. The van der Waals surface area contributed by atoms with E-state index >= 15 is 0 Å². The summed E-state index contributed by atoms with van der Waals surface area (Å²) in [6.45, 7) is 10.9. The standard InChI is InChI=1S/C31H30FN7/c1-4-7-25(22-10-19(2)11-24(32)13-22)29-20(3)35-31(36-29)30-26-14-27(34-17-28(26)37-38-30)23-12-21(15-33-16-23)18-39-8-5-6-9-39/h4,7,10-17H,1,5-6,8-9,18H2,2-3H3,(H,35,36)(H,37,38)/b25-7-. The zero-order chi connectivity index (χ0) is 26.9. The number of H-pyrrole nitrogens is 2. The van der Waals surface area contributed by atoms with Crippen LogP contribution in [0.4, 0.5) is 4.39 Å². The van der Waals surface area contributed by atoms with Crippen LogP contribution in [0.2, 0.25) is 0 Å². The Bertz CT molecular complexity index is 1690. The van der Waals surface area contributed by atoms with Gasteiger partial charge >= 0.3 is 0 Å². The number of halogens is 1. The third kappa shape index (κ3) is 5.03. The molecule has 0 atom stereocenters. The van der Waals surface area contributed by atoms with Crippen LogP contribution in [0.5, 0.6) is 0 Å². The normalized spacial score (nSPS) is 14.4. The highest BCUT2D eigenvalue weighted by Crippen LogP contribution is 2.32. The zero-order valence-electron chi connectivity index (χ0n) is 22.1. The van der Waals surface area contributed by atoms with E-state index < -0.39 is 0 Å². The first-order valence-corrected chi connectivity index (χ1v) is 13.2. The Hall–Kier alpha value is -4.43. The van der Waals surface area contributed by atoms with Crippen molar-refractivity contribution >= 4 is 16.5 Å². The van der Waals surface area contributed by atoms with Crippen LogP contribution in [0, 0.1) is 19.7 Å². The fourth-order valence-corrected chi connectivity index (χ4v) is 5.32. The molecule has 1 aliphatic heterocycles. The summed E-state index contributed by atoms with van der Waals surface area (Å²) in [6.07, 6.45) is 11.6. The number of rotatable bonds is 7. The number of pyridine rings is 2. The van der Waals surface area contributed by atoms with Crippen LogP contribution in [0.1, 0.15) is 40.9 Å². The van der Waals surface area contributed by atoms with Gasteiger partial charge in [0.15, 0.2) is 5.82 Å². The van der Waals surface area contributed by atoms with Crippen molar-refractivity contribution in [1.82, 2.24) is 35.0 Å². The van der Waals surface area contributed by atoms with Crippen LogP contribution in [-0.2, 0) is 6.54 Å². The molecular weight excluding hydrogens is 489 g/mol. The molecule has 6 rings (SSSR count). The van der Waals surface area contributed by atoms with Gasteiger partial charge in [-0.25, -0.2) is 9.37 Å². The average Bonchev–Trinajstić information content (AvgIpc) is 3.67. The van der Waals surface area contributed by atoms with Gasteiger partial charge in [0.2, 0.25) is 0 Å². The largest absolute Gasteiger partial charge is 0.340 e. The van der Waals surface area contributed by atoms with Gasteiger partial charge in [0, 0.05) is 41.2 Å². The molecule has 7 nitrogen and oxygen atoms in total. The van der Waals surface area contributed by atoms with Crippen LogP contribution < -0.4 is 0 Å². The minimum absolute atomic E-state index is 0.286. The molecule has 0 bridgehead atoms. The van der Waals surface area contributed by atoms with Crippen molar-refractivity contribution in [3.05, 3.63) is 102 Å². The molecular formula is C31H30FN7. The maximum atomic E-state index is 14.2. The number of aromatic nitrogens is 6. The molecule has 5 aromatic rings. The Balaban J connectivity index is 1.37. The van der Waals surface area contributed by atoms with Crippen LogP contribution in [0.3, 0.4) is 0 Å². The van der Waals surface area contributed by atoms with Crippen molar-refractivity contribution in [2.24, 2.45) is 0 Å². The number of fused-ring (bicyclic) bond motifs is 1. The summed E-state index contributed by atoms with van der Waals surface area (Å²) in [7, 11) is 0. The van der Waals surface area contributed by atoms with Crippen molar-refractivity contribution in [2.75, 3.05) is 13.1 Å². The molecule has 0 aliphatic carbocycles. The molecule has 0 amide bonds. The molecule has 1 aliphatic rings. The summed E-state index contributed by atoms with van der Waals surface area (Å²) in [4.78, 5) is 19.9. The molecule has 1 saturated heterocycles. The monoisotopic (exact) mass is 519 g/mol. The number of imidazole rings is 1. The lowest BCUT2D eigenvalue weighted by molar-refractivity contribution is 0.331. The van der Waals surface area contributed by atoms with E-state index in [1.165, 1.54) is 30.5 Å². The van der Waals surface area contributed by atoms with Crippen molar-refractivity contribution < 1.29 is 4.39 Å². The van der Waals surface area contributed by atoms with E-state index in [0.717, 1.165) is 69.9 Å². The van der Waals surface area contributed by atoms with Crippen molar-refractivity contribution in [1.29, 1.82) is 0 Å². The quantitative estimate of drug-likeness (QED) is 0.244. The lowest BCUT2D eigenvalue weighted by Crippen LogP contribution is -2.18. The summed E-state index contributed by atoms with van der Waals surface area (Å²) in [5.74, 6) is 0.334. The molecule has 4 aromatic heterocycles.